The molecule has 2 N–H and O–H groups in total. The highest BCUT2D eigenvalue weighted by Gasteiger charge is 2.37. The van der Waals surface area contributed by atoms with Crippen LogP contribution in [-0.2, 0) is 21.3 Å². The van der Waals surface area contributed by atoms with E-state index in [2.05, 4.69) is 14.6 Å². The monoisotopic (exact) mass is 560 g/mol. The van der Waals surface area contributed by atoms with E-state index in [0.29, 0.717) is 79.6 Å². The van der Waals surface area contributed by atoms with Crippen molar-refractivity contribution in [2.75, 3.05) is 62.4 Å². The largest absolute Gasteiger partial charge is 0.480 e. The first-order valence-electron chi connectivity index (χ1n) is 12.7. The van der Waals surface area contributed by atoms with Crippen LogP contribution < -0.4 is 14.4 Å². The number of pyridine rings is 1. The summed E-state index contributed by atoms with van der Waals surface area (Å²) in [7, 11) is -2.23. The Bertz CT molecular complexity index is 1480. The van der Waals surface area contributed by atoms with Gasteiger partial charge in [0.2, 0.25) is 21.9 Å². The van der Waals surface area contributed by atoms with Crippen LogP contribution in [0, 0.1) is 11.7 Å². The molecule has 1 aromatic carbocycles. The molecule has 0 spiro atoms. The number of sulfonamides is 1. The van der Waals surface area contributed by atoms with Gasteiger partial charge in [0.05, 0.1) is 43.4 Å². The number of fused-ring (bicyclic) bond motifs is 1. The van der Waals surface area contributed by atoms with Crippen molar-refractivity contribution in [1.29, 1.82) is 0 Å². The number of methoxy groups -OCH3 is 1. The molecule has 4 heterocycles. The number of nitrogens with one attached hydrogen (secondary N) is 1. The first kappa shape index (κ1) is 27.4. The van der Waals surface area contributed by atoms with Gasteiger partial charge in [0.25, 0.3) is 0 Å². The van der Waals surface area contributed by atoms with Crippen LogP contribution in [0.3, 0.4) is 0 Å². The van der Waals surface area contributed by atoms with Crippen molar-refractivity contribution in [2.45, 2.75) is 26.0 Å². The SMILES string of the molecule is COc1ncc(-c2nc(N3CCOCC3)nc3c(CN4CC(C(C)(C)O)C4)cc(F)cc23)cc1NS(C)(=O)=O. The summed E-state index contributed by atoms with van der Waals surface area (Å²) >= 11 is 0. The number of rotatable bonds is 8. The van der Waals surface area contributed by atoms with Gasteiger partial charge in [0.1, 0.15) is 11.5 Å². The molecule has 0 unspecified atom stereocenters. The lowest BCUT2D eigenvalue weighted by Gasteiger charge is -2.45. The number of anilines is 2. The Balaban J connectivity index is 1.63. The molecule has 3 aromatic rings. The standard InChI is InChI=1S/C26H33FN6O5S/c1-26(2,34)18-14-32(15-18)13-17-9-19(27)11-20-22(29-25(30-23(17)20)33-5-7-38-8-6-33)16-10-21(31-39(4,35)36)24(37-3)28-12-16/h9-12,18,31,34H,5-8,13-15H2,1-4H3. The van der Waals surface area contributed by atoms with Gasteiger partial charge in [0, 0.05) is 55.8 Å². The fourth-order valence-electron chi connectivity index (χ4n) is 4.90. The van der Waals surface area contributed by atoms with E-state index in [9.17, 15) is 13.5 Å². The van der Waals surface area contributed by atoms with E-state index >= 15 is 4.39 Å². The summed E-state index contributed by atoms with van der Waals surface area (Å²) in [6.45, 7) is 7.72. The smallest absolute Gasteiger partial charge is 0.238 e. The van der Waals surface area contributed by atoms with Gasteiger partial charge in [-0.05, 0) is 37.6 Å². The number of nitrogens with zero attached hydrogens (tertiary/aromatic N) is 5. The summed E-state index contributed by atoms with van der Waals surface area (Å²) in [5, 5.41) is 10.8. The highest BCUT2D eigenvalue weighted by molar-refractivity contribution is 7.92. The average Bonchev–Trinajstić information content (AvgIpc) is 2.84. The maximum atomic E-state index is 15.0. The zero-order valence-electron chi connectivity index (χ0n) is 22.4. The quantitative estimate of drug-likeness (QED) is 0.423. The molecule has 13 heteroatoms. The van der Waals surface area contributed by atoms with E-state index in [1.165, 1.54) is 25.4 Å². The van der Waals surface area contributed by atoms with E-state index in [1.54, 1.807) is 19.9 Å². The number of hydrogen-bond donors (Lipinski definition) is 2. The van der Waals surface area contributed by atoms with Gasteiger partial charge in [0.15, 0.2) is 0 Å². The van der Waals surface area contributed by atoms with Crippen LogP contribution in [0.1, 0.15) is 19.4 Å². The highest BCUT2D eigenvalue weighted by atomic mass is 32.2. The predicted molar refractivity (Wildman–Crippen MR) is 146 cm³/mol. The maximum absolute atomic E-state index is 15.0. The minimum absolute atomic E-state index is 0.0990. The second-order valence-electron chi connectivity index (χ2n) is 10.6. The van der Waals surface area contributed by atoms with E-state index in [-0.39, 0.29) is 17.5 Å². The van der Waals surface area contributed by atoms with Gasteiger partial charge < -0.3 is 19.5 Å². The van der Waals surface area contributed by atoms with Gasteiger partial charge in [-0.25, -0.2) is 27.8 Å². The van der Waals surface area contributed by atoms with Gasteiger partial charge in [-0.1, -0.05) is 0 Å². The summed E-state index contributed by atoms with van der Waals surface area (Å²) in [5.74, 6) is 0.275. The van der Waals surface area contributed by atoms with Crippen molar-refractivity contribution < 1.29 is 27.4 Å². The van der Waals surface area contributed by atoms with Crippen molar-refractivity contribution in [1.82, 2.24) is 19.9 Å². The number of ether oxygens (including phenoxy) is 2. The minimum atomic E-state index is -3.62. The lowest BCUT2D eigenvalue weighted by atomic mass is 9.84. The highest BCUT2D eigenvalue weighted by Crippen LogP contribution is 2.36. The summed E-state index contributed by atoms with van der Waals surface area (Å²) in [4.78, 5) is 18.1. The fraction of sp³-hybridized carbons (Fsp3) is 0.500. The first-order chi connectivity index (χ1) is 18.4. The van der Waals surface area contributed by atoms with E-state index in [1.807, 2.05) is 4.90 Å². The van der Waals surface area contributed by atoms with Crippen LogP contribution in [0.4, 0.5) is 16.0 Å². The van der Waals surface area contributed by atoms with Gasteiger partial charge in [-0.2, -0.15) is 0 Å². The number of aliphatic hydroxyl groups is 1. The van der Waals surface area contributed by atoms with Crippen LogP contribution in [0.25, 0.3) is 22.2 Å². The average molecular weight is 561 g/mol. The Morgan fingerprint density at radius 3 is 2.56 bits per heavy atom. The second-order valence-corrected chi connectivity index (χ2v) is 12.4. The van der Waals surface area contributed by atoms with Gasteiger partial charge >= 0.3 is 0 Å². The number of hydrogen-bond acceptors (Lipinski definition) is 10. The molecule has 210 valence electrons. The van der Waals surface area contributed by atoms with Crippen LogP contribution in [-0.4, -0.2) is 91.7 Å². The molecule has 2 aromatic heterocycles. The van der Waals surface area contributed by atoms with Crippen LogP contribution in [0.5, 0.6) is 5.88 Å². The maximum Gasteiger partial charge on any atom is 0.238 e. The molecule has 0 saturated carbocycles. The van der Waals surface area contributed by atoms with E-state index in [4.69, 9.17) is 19.4 Å². The molecule has 2 aliphatic rings. The molecule has 11 nitrogen and oxygen atoms in total. The Morgan fingerprint density at radius 1 is 1.21 bits per heavy atom. The molecule has 0 atom stereocenters. The molecular formula is C26H33FN6O5S. The summed E-state index contributed by atoms with van der Waals surface area (Å²) in [6.07, 6.45) is 2.56. The molecule has 5 rings (SSSR count). The zero-order chi connectivity index (χ0) is 27.9. The van der Waals surface area contributed by atoms with Gasteiger partial charge in [-0.3, -0.25) is 9.62 Å². The lowest BCUT2D eigenvalue weighted by Crippen LogP contribution is -2.55. The Kier molecular flexibility index (Phi) is 7.35. The van der Waals surface area contributed by atoms with Crippen LogP contribution >= 0.6 is 0 Å². The van der Waals surface area contributed by atoms with E-state index < -0.39 is 21.4 Å². The number of benzene rings is 1. The topological polar surface area (TPSA) is 130 Å². The number of aromatic nitrogens is 3. The van der Waals surface area contributed by atoms with E-state index in [0.717, 1.165) is 6.26 Å². The number of halogens is 1. The minimum Gasteiger partial charge on any atom is -0.480 e. The van der Waals surface area contributed by atoms with Crippen molar-refractivity contribution in [2.24, 2.45) is 5.92 Å². The Morgan fingerprint density at radius 2 is 1.92 bits per heavy atom. The second kappa shape index (κ2) is 10.5. The fourth-order valence-corrected chi connectivity index (χ4v) is 5.45. The normalized spacial score (nSPS) is 17.3. The van der Waals surface area contributed by atoms with Crippen molar-refractivity contribution in [3.8, 4) is 17.1 Å². The molecule has 2 saturated heterocycles. The third-order valence-corrected chi connectivity index (χ3v) is 7.68. The molecule has 0 aliphatic carbocycles. The Labute approximate surface area is 227 Å². The van der Waals surface area contributed by atoms with Crippen LogP contribution in [0.2, 0.25) is 0 Å². The molecular weight excluding hydrogens is 527 g/mol. The zero-order valence-corrected chi connectivity index (χ0v) is 23.3. The molecule has 0 bridgehead atoms. The first-order valence-corrected chi connectivity index (χ1v) is 14.6. The van der Waals surface area contributed by atoms with Crippen molar-refractivity contribution >= 4 is 32.6 Å². The summed E-state index contributed by atoms with van der Waals surface area (Å²) in [5.41, 5.74) is 1.57. The summed E-state index contributed by atoms with van der Waals surface area (Å²) < 4.78 is 52.2. The molecule has 2 aliphatic heterocycles. The molecule has 39 heavy (non-hydrogen) atoms. The molecule has 0 radical (unpaired) electrons. The van der Waals surface area contributed by atoms with Crippen molar-refractivity contribution in [3.05, 3.63) is 35.8 Å². The van der Waals surface area contributed by atoms with Crippen LogP contribution in [0.15, 0.2) is 24.4 Å². The third-order valence-electron chi connectivity index (χ3n) is 7.09. The van der Waals surface area contributed by atoms with Gasteiger partial charge in [-0.15, -0.1) is 0 Å². The summed E-state index contributed by atoms with van der Waals surface area (Å²) in [6, 6.07) is 4.45. The number of morpholine rings is 1. The predicted octanol–water partition coefficient (Wildman–Crippen LogP) is 2.25. The molecule has 0 amide bonds. The van der Waals surface area contributed by atoms with Crippen molar-refractivity contribution in [3.63, 3.8) is 0 Å². The third kappa shape index (κ3) is 6.06. The number of likely N-dealkylation sites (tertiary alicyclic amines) is 1. The molecule has 2 fully saturated rings. The Hall–Kier alpha value is -3.13. The lowest BCUT2D eigenvalue weighted by molar-refractivity contribution is -0.0646.